The molecule has 0 aromatic heterocycles. The molecule has 4 atom stereocenters. The Morgan fingerprint density at radius 3 is 1.68 bits per heavy atom. The van der Waals surface area contributed by atoms with Crippen LogP contribution in [-0.4, -0.2) is 49.1 Å². The molecule has 7 rings (SSSR count). The van der Waals surface area contributed by atoms with Gasteiger partial charge in [-0.25, -0.2) is 0 Å². The highest BCUT2D eigenvalue weighted by atomic mass is 16.5. The van der Waals surface area contributed by atoms with Gasteiger partial charge < -0.3 is 19.5 Å². The summed E-state index contributed by atoms with van der Waals surface area (Å²) in [5.74, 6) is 0.750. The number of amides is 3. The Kier molecular flexibility index (Phi) is 9.17. The third kappa shape index (κ3) is 6.61. The van der Waals surface area contributed by atoms with Gasteiger partial charge in [-0.05, 0) is 117 Å². The number of ketones is 2. The molecule has 4 aromatic carbocycles. The first-order valence-electron chi connectivity index (χ1n) is 16.8. The number of carbonyl (C=O) groups is 5. The molecule has 2 bridgehead atoms. The Morgan fingerprint density at radius 2 is 1.16 bits per heavy atom. The van der Waals surface area contributed by atoms with Crippen molar-refractivity contribution in [2.75, 3.05) is 30.0 Å². The topological polar surface area (TPSA) is 128 Å². The molecule has 3 aliphatic rings. The van der Waals surface area contributed by atoms with Gasteiger partial charge in [0.25, 0.3) is 5.91 Å². The van der Waals surface area contributed by atoms with E-state index in [0.717, 1.165) is 19.3 Å². The van der Waals surface area contributed by atoms with Crippen LogP contribution < -0.4 is 24.4 Å². The van der Waals surface area contributed by atoms with Crippen molar-refractivity contribution in [3.63, 3.8) is 0 Å². The van der Waals surface area contributed by atoms with Crippen LogP contribution in [0.4, 0.5) is 11.4 Å². The molecule has 3 fully saturated rings. The maximum absolute atomic E-state index is 13.1. The minimum Gasteiger partial charge on any atom is -0.494 e. The zero-order chi connectivity index (χ0) is 34.8. The molecule has 4 unspecified atom stereocenters. The van der Waals surface area contributed by atoms with Gasteiger partial charge in [0.2, 0.25) is 11.8 Å². The highest BCUT2D eigenvalue weighted by Gasteiger charge is 2.61. The first-order valence-corrected chi connectivity index (χ1v) is 16.8. The molecule has 10 heteroatoms. The van der Waals surface area contributed by atoms with Crippen molar-refractivity contribution in [1.29, 1.82) is 0 Å². The lowest BCUT2D eigenvalue weighted by atomic mass is 9.81. The molecule has 3 amide bonds. The van der Waals surface area contributed by atoms with Crippen LogP contribution in [0.3, 0.4) is 0 Å². The van der Waals surface area contributed by atoms with Crippen LogP contribution in [-0.2, 0) is 9.59 Å². The lowest BCUT2D eigenvalue weighted by Gasteiger charge is -2.19. The monoisotopic (exact) mass is 672 g/mol. The molecule has 2 saturated carbocycles. The van der Waals surface area contributed by atoms with Crippen LogP contribution in [0.5, 0.6) is 17.2 Å². The molecule has 1 N–H and O–H groups in total. The van der Waals surface area contributed by atoms with Crippen LogP contribution in [0, 0.1) is 23.7 Å². The number of nitrogens with zero attached hydrogens (tertiary/aromatic N) is 1. The van der Waals surface area contributed by atoms with Crippen molar-refractivity contribution in [2.24, 2.45) is 23.7 Å². The third-order valence-corrected chi connectivity index (χ3v) is 9.81. The summed E-state index contributed by atoms with van der Waals surface area (Å²) in [4.78, 5) is 66.1. The summed E-state index contributed by atoms with van der Waals surface area (Å²) in [5.41, 5.74) is 2.07. The number of anilines is 2. The van der Waals surface area contributed by atoms with E-state index in [9.17, 15) is 24.0 Å². The lowest BCUT2D eigenvalue weighted by molar-refractivity contribution is -0.123. The zero-order valence-electron chi connectivity index (χ0n) is 27.5. The fraction of sp³-hybridized carbons (Fsp3) is 0.275. The fourth-order valence-corrected chi connectivity index (χ4v) is 7.39. The molecule has 254 valence electrons. The maximum Gasteiger partial charge on any atom is 0.255 e. The molecule has 2 aliphatic carbocycles. The van der Waals surface area contributed by atoms with E-state index in [1.165, 1.54) is 11.0 Å². The third-order valence-electron chi connectivity index (χ3n) is 9.81. The predicted octanol–water partition coefficient (Wildman–Crippen LogP) is 6.40. The largest absolute Gasteiger partial charge is 0.494 e. The first-order chi connectivity index (χ1) is 24.3. The Hall–Kier alpha value is -5.77. The van der Waals surface area contributed by atoms with E-state index in [1.54, 1.807) is 91.0 Å². The molecule has 0 radical (unpaired) electrons. The van der Waals surface area contributed by atoms with E-state index < -0.39 is 0 Å². The normalized spacial score (nSPS) is 20.4. The van der Waals surface area contributed by atoms with E-state index >= 15 is 0 Å². The number of imide groups is 1. The van der Waals surface area contributed by atoms with Gasteiger partial charge in [-0.3, -0.25) is 28.9 Å². The van der Waals surface area contributed by atoms with Crippen LogP contribution in [0.1, 0.15) is 57.3 Å². The van der Waals surface area contributed by atoms with Gasteiger partial charge in [-0.1, -0.05) is 18.2 Å². The summed E-state index contributed by atoms with van der Waals surface area (Å²) in [7, 11) is 0. The molecule has 50 heavy (non-hydrogen) atoms. The van der Waals surface area contributed by atoms with E-state index in [4.69, 9.17) is 14.2 Å². The highest BCUT2D eigenvalue weighted by Crippen LogP contribution is 2.56. The van der Waals surface area contributed by atoms with Gasteiger partial charge in [0.05, 0.1) is 24.1 Å². The van der Waals surface area contributed by atoms with Crippen LogP contribution in [0.15, 0.2) is 97.1 Å². The number of carbonyl (C=O) groups excluding carboxylic acids is 5. The number of benzene rings is 4. The molecule has 10 nitrogen and oxygen atoms in total. The summed E-state index contributed by atoms with van der Waals surface area (Å²) in [5, 5.41) is 2.82. The summed E-state index contributed by atoms with van der Waals surface area (Å²) in [6.45, 7) is 2.02. The smallest absolute Gasteiger partial charge is 0.255 e. The van der Waals surface area contributed by atoms with E-state index in [0.29, 0.717) is 63.8 Å². The summed E-state index contributed by atoms with van der Waals surface area (Å²) >= 11 is 0. The number of ether oxygens (including phenoxy) is 3. The highest BCUT2D eigenvalue weighted by molar-refractivity contribution is 6.22. The van der Waals surface area contributed by atoms with Gasteiger partial charge in [0.15, 0.2) is 24.8 Å². The SMILES string of the molecule is CCOc1ccc(OCC(=O)c2cccc(C(=O)COc3ccc(NC(=O)c4ccc(N5C(=O)C6C7CCC(C7)C6C5=O)cc4)cc3)c2)cc1. The van der Waals surface area contributed by atoms with E-state index in [2.05, 4.69) is 5.32 Å². The van der Waals surface area contributed by atoms with E-state index in [-0.39, 0.29) is 54.3 Å². The number of nitrogens with one attached hydrogen (secondary N) is 1. The standard InChI is InChI=1S/C40H36N2O8/c1-2-48-31-16-18-33(19-17-31)50-23-35(44)26-5-3-4-25(20-26)34(43)22-49-32-14-10-29(11-15-32)41-38(45)24-8-12-30(13-9-24)42-39(46)36-27-6-7-28(21-27)37(36)40(42)47/h3-5,8-20,27-28,36-37H,2,6-7,21-23H2,1H3,(H,41,45). The lowest BCUT2D eigenvalue weighted by Crippen LogP contribution is -2.32. The quantitative estimate of drug-likeness (QED) is 0.128. The number of Topliss-reactive ketones (excluding diaryl/α,β-unsaturated/α-hetero) is 2. The second-order valence-corrected chi connectivity index (χ2v) is 12.8. The van der Waals surface area contributed by atoms with E-state index in [1.807, 2.05) is 6.92 Å². The average Bonchev–Trinajstić information content (AvgIpc) is 3.84. The van der Waals surface area contributed by atoms with Crippen molar-refractivity contribution in [3.05, 3.63) is 114 Å². The number of fused-ring (bicyclic) bond motifs is 5. The minimum absolute atomic E-state index is 0.112. The summed E-state index contributed by atoms with van der Waals surface area (Å²) in [6.07, 6.45) is 3.02. The molecular formula is C40H36N2O8. The summed E-state index contributed by atoms with van der Waals surface area (Å²) < 4.78 is 16.7. The number of hydrogen-bond donors (Lipinski definition) is 1. The molecule has 4 aromatic rings. The Bertz CT molecular complexity index is 1910. The fourth-order valence-electron chi connectivity index (χ4n) is 7.39. The maximum atomic E-state index is 13.1. The zero-order valence-corrected chi connectivity index (χ0v) is 27.5. The average molecular weight is 673 g/mol. The molecule has 0 spiro atoms. The Labute approximate surface area is 289 Å². The summed E-state index contributed by atoms with van der Waals surface area (Å²) in [6, 6.07) is 26.5. The Balaban J connectivity index is 0.890. The number of hydrogen-bond acceptors (Lipinski definition) is 8. The minimum atomic E-state index is -0.353. The van der Waals surface area contributed by atoms with Crippen molar-refractivity contribution in [3.8, 4) is 17.2 Å². The molecule has 1 saturated heterocycles. The van der Waals surface area contributed by atoms with Crippen LogP contribution in [0.2, 0.25) is 0 Å². The van der Waals surface area contributed by atoms with Gasteiger partial charge >= 0.3 is 0 Å². The van der Waals surface area contributed by atoms with Gasteiger partial charge in [0, 0.05) is 22.4 Å². The van der Waals surface area contributed by atoms with Crippen molar-refractivity contribution in [1.82, 2.24) is 0 Å². The van der Waals surface area contributed by atoms with Crippen molar-refractivity contribution >= 4 is 40.7 Å². The molecule has 1 aliphatic heterocycles. The molecular weight excluding hydrogens is 636 g/mol. The van der Waals surface area contributed by atoms with Gasteiger partial charge in [-0.2, -0.15) is 0 Å². The predicted molar refractivity (Wildman–Crippen MR) is 185 cm³/mol. The molecule has 1 heterocycles. The Morgan fingerprint density at radius 1 is 0.660 bits per heavy atom. The van der Waals surface area contributed by atoms with Crippen LogP contribution >= 0.6 is 0 Å². The number of rotatable bonds is 13. The van der Waals surface area contributed by atoms with Crippen molar-refractivity contribution in [2.45, 2.75) is 26.2 Å². The van der Waals surface area contributed by atoms with Crippen molar-refractivity contribution < 1.29 is 38.2 Å². The second kappa shape index (κ2) is 14.0. The van der Waals surface area contributed by atoms with Gasteiger partial charge in [-0.15, -0.1) is 0 Å². The second-order valence-electron chi connectivity index (χ2n) is 12.8. The van der Waals surface area contributed by atoms with Gasteiger partial charge in [0.1, 0.15) is 17.2 Å². The first kappa shape index (κ1) is 32.8. The van der Waals surface area contributed by atoms with Crippen LogP contribution in [0.25, 0.3) is 0 Å².